The van der Waals surface area contributed by atoms with Crippen LogP contribution in [0.3, 0.4) is 0 Å². The van der Waals surface area contributed by atoms with Crippen molar-refractivity contribution in [3.63, 3.8) is 0 Å². The van der Waals surface area contributed by atoms with Crippen LogP contribution < -0.4 is 24.3 Å². The minimum absolute atomic E-state index is 0.244. The maximum absolute atomic E-state index is 12.3. The topological polar surface area (TPSA) is 66.0 Å². The molecule has 0 saturated carbocycles. The van der Waals surface area contributed by atoms with Crippen molar-refractivity contribution >= 4 is 17.5 Å². The molecule has 0 aliphatic heterocycles. The number of hydrogen-bond acceptors (Lipinski definition) is 5. The predicted molar refractivity (Wildman–Crippen MR) is 99.5 cm³/mol. The summed E-state index contributed by atoms with van der Waals surface area (Å²) in [5, 5.41) is 3.28. The van der Waals surface area contributed by atoms with Crippen LogP contribution in [0.1, 0.15) is 12.5 Å². The number of ether oxygens (including phenoxy) is 4. The summed E-state index contributed by atoms with van der Waals surface area (Å²) in [6.07, 6.45) is -0.665. The summed E-state index contributed by atoms with van der Waals surface area (Å²) in [7, 11) is 4.66. The van der Waals surface area contributed by atoms with Crippen molar-refractivity contribution in [2.24, 2.45) is 0 Å². The molecule has 0 aromatic heterocycles. The Kier molecular flexibility index (Phi) is 6.97. The third-order valence-electron chi connectivity index (χ3n) is 3.75. The van der Waals surface area contributed by atoms with Gasteiger partial charge >= 0.3 is 0 Å². The summed E-state index contributed by atoms with van der Waals surface area (Å²) in [6.45, 7) is 1.92. The van der Waals surface area contributed by atoms with Crippen LogP contribution in [0, 0.1) is 0 Å². The lowest BCUT2D eigenvalue weighted by Crippen LogP contribution is -2.35. The molecular weight excluding hydrogens is 358 g/mol. The largest absolute Gasteiger partial charge is 0.497 e. The highest BCUT2D eigenvalue weighted by Gasteiger charge is 2.16. The smallest absolute Gasteiger partial charge is 0.261 e. The van der Waals surface area contributed by atoms with Gasteiger partial charge in [0.2, 0.25) is 0 Å². The van der Waals surface area contributed by atoms with E-state index in [-0.39, 0.29) is 12.5 Å². The van der Waals surface area contributed by atoms with Gasteiger partial charge in [-0.15, -0.1) is 0 Å². The molecule has 0 fully saturated rings. The number of carbonyl (C=O) groups excluding carboxylic acids is 1. The number of carbonyl (C=O) groups is 1. The SMILES string of the molecule is COc1ccc(OC(C)C(=O)NCc2cc(OC)c(OC)cc2Cl)cc1. The van der Waals surface area contributed by atoms with Gasteiger partial charge in [-0.1, -0.05) is 11.6 Å². The van der Waals surface area contributed by atoms with Gasteiger partial charge in [0.1, 0.15) is 11.5 Å². The Balaban J connectivity index is 1.96. The fourth-order valence-electron chi connectivity index (χ4n) is 2.27. The minimum atomic E-state index is -0.665. The average molecular weight is 380 g/mol. The Morgan fingerprint density at radius 1 is 1.00 bits per heavy atom. The Labute approximate surface area is 158 Å². The number of halogens is 1. The number of rotatable bonds is 8. The van der Waals surface area contributed by atoms with E-state index in [1.165, 1.54) is 7.11 Å². The molecule has 140 valence electrons. The van der Waals surface area contributed by atoms with E-state index >= 15 is 0 Å². The van der Waals surface area contributed by atoms with Crippen LogP contribution in [0.15, 0.2) is 36.4 Å². The predicted octanol–water partition coefficient (Wildman–Crippen LogP) is 3.45. The van der Waals surface area contributed by atoms with Crippen molar-refractivity contribution in [2.45, 2.75) is 19.6 Å². The molecule has 6 nitrogen and oxygen atoms in total. The molecule has 0 saturated heterocycles. The first kappa shape index (κ1) is 19.7. The molecule has 0 spiro atoms. The number of benzene rings is 2. The average Bonchev–Trinajstić information content (AvgIpc) is 2.66. The highest BCUT2D eigenvalue weighted by atomic mass is 35.5. The quantitative estimate of drug-likeness (QED) is 0.761. The van der Waals surface area contributed by atoms with E-state index in [1.807, 2.05) is 0 Å². The monoisotopic (exact) mass is 379 g/mol. The van der Waals surface area contributed by atoms with Crippen molar-refractivity contribution in [3.05, 3.63) is 47.0 Å². The van der Waals surface area contributed by atoms with E-state index in [2.05, 4.69) is 5.32 Å². The minimum Gasteiger partial charge on any atom is -0.497 e. The van der Waals surface area contributed by atoms with Crippen LogP contribution in [0.2, 0.25) is 5.02 Å². The third kappa shape index (κ3) is 4.95. The molecule has 2 rings (SSSR count). The lowest BCUT2D eigenvalue weighted by atomic mass is 10.2. The molecule has 0 aliphatic carbocycles. The fraction of sp³-hybridized carbons (Fsp3) is 0.316. The maximum atomic E-state index is 12.3. The molecule has 1 N–H and O–H groups in total. The van der Waals surface area contributed by atoms with Gasteiger partial charge in [0.15, 0.2) is 17.6 Å². The van der Waals surface area contributed by atoms with Gasteiger partial charge in [0.25, 0.3) is 5.91 Å². The van der Waals surface area contributed by atoms with Crippen LogP contribution in [0.25, 0.3) is 0 Å². The van der Waals surface area contributed by atoms with Crippen molar-refractivity contribution < 1.29 is 23.7 Å². The zero-order valence-electron chi connectivity index (χ0n) is 15.2. The van der Waals surface area contributed by atoms with Crippen LogP contribution in [-0.2, 0) is 11.3 Å². The standard InChI is InChI=1S/C19H22ClNO5/c1-12(26-15-7-5-14(23-2)6-8-15)19(22)21-11-13-9-17(24-3)18(25-4)10-16(13)20/h5-10,12H,11H2,1-4H3,(H,21,22). The van der Waals surface area contributed by atoms with E-state index in [1.54, 1.807) is 57.5 Å². The van der Waals surface area contributed by atoms with Crippen molar-refractivity contribution in [2.75, 3.05) is 21.3 Å². The second-order valence-electron chi connectivity index (χ2n) is 5.45. The maximum Gasteiger partial charge on any atom is 0.261 e. The van der Waals surface area contributed by atoms with Gasteiger partial charge in [0, 0.05) is 17.6 Å². The normalized spacial score (nSPS) is 11.4. The van der Waals surface area contributed by atoms with Crippen LogP contribution in [-0.4, -0.2) is 33.3 Å². The van der Waals surface area contributed by atoms with Crippen LogP contribution >= 0.6 is 11.6 Å². The zero-order chi connectivity index (χ0) is 19.1. The zero-order valence-corrected chi connectivity index (χ0v) is 15.9. The molecule has 1 atom stereocenters. The first-order valence-electron chi connectivity index (χ1n) is 7.97. The molecule has 26 heavy (non-hydrogen) atoms. The molecule has 0 bridgehead atoms. The molecule has 1 amide bonds. The van der Waals surface area contributed by atoms with Crippen molar-refractivity contribution in [1.29, 1.82) is 0 Å². The fourth-order valence-corrected chi connectivity index (χ4v) is 2.49. The van der Waals surface area contributed by atoms with Crippen LogP contribution in [0.4, 0.5) is 0 Å². The Bertz CT molecular complexity index is 748. The molecule has 2 aromatic rings. The first-order valence-corrected chi connectivity index (χ1v) is 8.35. The molecule has 7 heteroatoms. The van der Waals surface area contributed by atoms with Crippen molar-refractivity contribution in [3.8, 4) is 23.0 Å². The molecular formula is C19H22ClNO5. The second-order valence-corrected chi connectivity index (χ2v) is 5.86. The van der Waals surface area contributed by atoms with E-state index in [0.29, 0.717) is 27.8 Å². The van der Waals surface area contributed by atoms with Crippen LogP contribution in [0.5, 0.6) is 23.0 Å². The van der Waals surface area contributed by atoms with Gasteiger partial charge in [-0.25, -0.2) is 0 Å². The summed E-state index contributed by atoms with van der Waals surface area (Å²) >= 11 is 6.23. The second kappa shape index (κ2) is 9.20. The number of amides is 1. The summed E-state index contributed by atoms with van der Waals surface area (Å²) in [5.74, 6) is 2.12. The molecule has 1 unspecified atom stereocenters. The highest BCUT2D eigenvalue weighted by molar-refractivity contribution is 6.31. The number of hydrogen-bond donors (Lipinski definition) is 1. The summed E-state index contributed by atoms with van der Waals surface area (Å²) < 4.78 is 21.2. The van der Waals surface area contributed by atoms with Gasteiger partial charge in [-0.3, -0.25) is 4.79 Å². The van der Waals surface area contributed by atoms with E-state index in [9.17, 15) is 4.79 Å². The van der Waals surface area contributed by atoms with Gasteiger partial charge in [-0.2, -0.15) is 0 Å². The lowest BCUT2D eigenvalue weighted by Gasteiger charge is -2.16. The van der Waals surface area contributed by atoms with Gasteiger partial charge in [0.05, 0.1) is 21.3 Å². The number of nitrogens with one attached hydrogen (secondary N) is 1. The molecule has 2 aromatic carbocycles. The molecule has 0 aliphatic rings. The molecule has 0 heterocycles. The van der Waals surface area contributed by atoms with Gasteiger partial charge < -0.3 is 24.3 Å². The summed E-state index contributed by atoms with van der Waals surface area (Å²) in [5.41, 5.74) is 0.717. The lowest BCUT2D eigenvalue weighted by molar-refractivity contribution is -0.127. The van der Waals surface area contributed by atoms with E-state index < -0.39 is 6.10 Å². The Hall–Kier alpha value is -2.60. The molecule has 0 radical (unpaired) electrons. The summed E-state index contributed by atoms with van der Waals surface area (Å²) in [4.78, 5) is 12.3. The first-order chi connectivity index (χ1) is 12.5. The number of methoxy groups -OCH3 is 3. The van der Waals surface area contributed by atoms with Gasteiger partial charge in [-0.05, 0) is 42.8 Å². The van der Waals surface area contributed by atoms with Crippen molar-refractivity contribution in [1.82, 2.24) is 5.32 Å². The van der Waals surface area contributed by atoms with E-state index in [0.717, 1.165) is 5.75 Å². The highest BCUT2D eigenvalue weighted by Crippen LogP contribution is 2.33. The summed E-state index contributed by atoms with van der Waals surface area (Å²) in [6, 6.07) is 10.4. The third-order valence-corrected chi connectivity index (χ3v) is 4.10. The van der Waals surface area contributed by atoms with E-state index in [4.69, 9.17) is 30.5 Å². The Morgan fingerprint density at radius 2 is 1.58 bits per heavy atom. The Morgan fingerprint density at radius 3 is 2.15 bits per heavy atom.